The number of nitro benzene ring substituents is 1. The van der Waals surface area contributed by atoms with Crippen LogP contribution in [0.4, 0.5) is 5.69 Å². The molecule has 1 aromatic carbocycles. The van der Waals surface area contributed by atoms with Crippen molar-refractivity contribution in [2.75, 3.05) is 0 Å². The summed E-state index contributed by atoms with van der Waals surface area (Å²) in [5, 5.41) is 14.2. The molecule has 0 N–H and O–H groups in total. The maximum atomic E-state index is 10.4. The molecule has 0 bridgehead atoms. The molecule has 6 nitrogen and oxygen atoms in total. The number of amidine groups is 1. The van der Waals surface area contributed by atoms with Crippen LogP contribution in [0.25, 0.3) is 0 Å². The predicted molar refractivity (Wildman–Crippen MR) is 52.4 cm³/mol. The average Bonchev–Trinajstić information content (AvgIpc) is 2.71. The van der Waals surface area contributed by atoms with Crippen LogP contribution in [-0.4, -0.2) is 10.9 Å². The summed E-state index contributed by atoms with van der Waals surface area (Å²) in [6.07, 6.45) is 3.00. The Hall–Kier alpha value is -2.37. The predicted octanol–water partition coefficient (Wildman–Crippen LogP) is 1.42. The molecule has 1 aliphatic rings. The lowest BCUT2D eigenvalue weighted by Crippen LogP contribution is -2.14. The number of ether oxygens (including phenoxy) is 1. The van der Waals surface area contributed by atoms with Crippen LogP contribution in [0, 0.1) is 10.1 Å². The highest BCUT2D eigenvalue weighted by atomic mass is 16.6. The van der Waals surface area contributed by atoms with Gasteiger partial charge in [0.1, 0.15) is 5.75 Å². The second-order valence-corrected chi connectivity index (χ2v) is 2.69. The molecule has 1 radical (unpaired) electrons. The van der Waals surface area contributed by atoms with E-state index in [-0.39, 0.29) is 11.7 Å². The van der Waals surface area contributed by atoms with Gasteiger partial charge in [-0.15, -0.1) is 0 Å². The highest BCUT2D eigenvalue weighted by Crippen LogP contribution is 2.17. The maximum absolute atomic E-state index is 10.4. The van der Waals surface area contributed by atoms with Crippen molar-refractivity contribution in [3.63, 3.8) is 0 Å². The zero-order chi connectivity index (χ0) is 10.7. The minimum Gasteiger partial charge on any atom is -0.424 e. The van der Waals surface area contributed by atoms with Crippen molar-refractivity contribution in [3.8, 4) is 5.75 Å². The Balaban J connectivity index is 2.07. The fraction of sp³-hybridized carbons (Fsp3) is 0. The fourth-order valence-corrected chi connectivity index (χ4v) is 1.02. The summed E-state index contributed by atoms with van der Waals surface area (Å²) in [7, 11) is 0. The first-order valence-electron chi connectivity index (χ1n) is 4.12. The minimum absolute atomic E-state index is 0.0192. The Kier molecular flexibility index (Phi) is 2.32. The van der Waals surface area contributed by atoms with Crippen molar-refractivity contribution in [2.45, 2.75) is 0 Å². The van der Waals surface area contributed by atoms with Gasteiger partial charge >= 0.3 is 6.02 Å². The van der Waals surface area contributed by atoms with E-state index in [4.69, 9.17) is 4.74 Å². The van der Waals surface area contributed by atoms with Crippen LogP contribution in [-0.2, 0) is 0 Å². The second-order valence-electron chi connectivity index (χ2n) is 2.69. The fourth-order valence-electron chi connectivity index (χ4n) is 1.02. The quantitative estimate of drug-likeness (QED) is 0.539. The minimum atomic E-state index is -0.469. The molecular formula is C9H6N3O3. The van der Waals surface area contributed by atoms with E-state index in [0.29, 0.717) is 5.75 Å². The average molecular weight is 204 g/mol. The Morgan fingerprint density at radius 2 is 1.93 bits per heavy atom. The SMILES string of the molecule is O=[N+]([O-])c1ccc(OC2=NC=C[N]2)cc1. The molecule has 0 amide bonds. The number of non-ortho nitro benzene ring substituents is 1. The van der Waals surface area contributed by atoms with Crippen LogP contribution in [0.1, 0.15) is 0 Å². The van der Waals surface area contributed by atoms with Crippen LogP contribution in [0.2, 0.25) is 0 Å². The molecule has 0 saturated heterocycles. The van der Waals surface area contributed by atoms with Gasteiger partial charge < -0.3 is 4.74 Å². The topological polar surface area (TPSA) is 78.8 Å². The third-order valence-corrected chi connectivity index (χ3v) is 1.69. The summed E-state index contributed by atoms with van der Waals surface area (Å²) >= 11 is 0. The van der Waals surface area contributed by atoms with E-state index in [1.165, 1.54) is 36.7 Å². The molecule has 75 valence electrons. The van der Waals surface area contributed by atoms with Gasteiger partial charge in [0, 0.05) is 12.1 Å². The molecule has 0 saturated carbocycles. The summed E-state index contributed by atoms with van der Waals surface area (Å²) in [5.74, 6) is 0.465. The monoisotopic (exact) mass is 204 g/mol. The lowest BCUT2D eigenvalue weighted by molar-refractivity contribution is -0.384. The van der Waals surface area contributed by atoms with E-state index in [1.54, 1.807) is 0 Å². The lowest BCUT2D eigenvalue weighted by atomic mass is 10.3. The Morgan fingerprint density at radius 1 is 1.20 bits per heavy atom. The van der Waals surface area contributed by atoms with Gasteiger partial charge in [0.25, 0.3) is 5.69 Å². The molecule has 0 aliphatic carbocycles. The molecule has 0 aromatic heterocycles. The van der Waals surface area contributed by atoms with Crippen molar-refractivity contribution < 1.29 is 9.66 Å². The van der Waals surface area contributed by atoms with E-state index in [1.807, 2.05) is 0 Å². The van der Waals surface area contributed by atoms with Crippen molar-refractivity contribution in [1.82, 2.24) is 5.32 Å². The summed E-state index contributed by atoms with van der Waals surface area (Å²) in [6.45, 7) is 0. The standard InChI is InChI=1S/C9H6N3O3/c13-12(14)7-1-3-8(4-2-7)15-9-10-5-6-11-9/h1-6H. The number of nitrogens with zero attached hydrogens (tertiary/aromatic N) is 3. The first kappa shape index (κ1) is 9.20. The normalized spacial score (nSPS) is 13.2. The van der Waals surface area contributed by atoms with Gasteiger partial charge in [-0.05, 0) is 12.1 Å². The molecule has 15 heavy (non-hydrogen) atoms. The van der Waals surface area contributed by atoms with E-state index < -0.39 is 4.92 Å². The number of benzene rings is 1. The number of hydrogen-bond acceptors (Lipinski definition) is 4. The number of hydrogen-bond donors (Lipinski definition) is 0. The van der Waals surface area contributed by atoms with Gasteiger partial charge in [0.05, 0.1) is 17.3 Å². The largest absolute Gasteiger partial charge is 0.424 e. The van der Waals surface area contributed by atoms with Gasteiger partial charge in [0.2, 0.25) is 0 Å². The molecular weight excluding hydrogens is 198 g/mol. The van der Waals surface area contributed by atoms with Gasteiger partial charge in [0.15, 0.2) is 0 Å². The molecule has 1 aromatic rings. The van der Waals surface area contributed by atoms with Crippen LogP contribution in [0.15, 0.2) is 41.7 Å². The van der Waals surface area contributed by atoms with Crippen molar-refractivity contribution in [1.29, 1.82) is 0 Å². The Labute approximate surface area is 85.0 Å². The Morgan fingerprint density at radius 3 is 2.47 bits per heavy atom. The van der Waals surface area contributed by atoms with Crippen molar-refractivity contribution in [2.24, 2.45) is 4.99 Å². The summed E-state index contributed by atoms with van der Waals surface area (Å²) in [6, 6.07) is 5.93. The van der Waals surface area contributed by atoms with Gasteiger partial charge in [-0.2, -0.15) is 0 Å². The molecule has 0 atom stereocenters. The zero-order valence-corrected chi connectivity index (χ0v) is 7.53. The maximum Gasteiger partial charge on any atom is 0.321 e. The van der Waals surface area contributed by atoms with Crippen LogP contribution in [0.5, 0.6) is 5.75 Å². The van der Waals surface area contributed by atoms with E-state index in [0.717, 1.165) is 0 Å². The number of rotatable bonds is 2. The van der Waals surface area contributed by atoms with Crippen molar-refractivity contribution >= 4 is 11.7 Å². The molecule has 2 rings (SSSR count). The third kappa shape index (κ3) is 2.11. The first-order valence-corrected chi connectivity index (χ1v) is 4.12. The first-order chi connectivity index (χ1) is 7.25. The molecule has 6 heteroatoms. The van der Waals surface area contributed by atoms with Gasteiger partial charge in [-0.3, -0.25) is 10.1 Å². The zero-order valence-electron chi connectivity index (χ0n) is 7.53. The van der Waals surface area contributed by atoms with E-state index >= 15 is 0 Å². The molecule has 1 heterocycles. The van der Waals surface area contributed by atoms with E-state index in [9.17, 15) is 10.1 Å². The van der Waals surface area contributed by atoms with Gasteiger partial charge in [-0.1, -0.05) is 0 Å². The molecule has 1 aliphatic heterocycles. The summed E-state index contributed by atoms with van der Waals surface area (Å²) in [4.78, 5) is 13.7. The van der Waals surface area contributed by atoms with E-state index in [2.05, 4.69) is 10.3 Å². The molecule has 0 fully saturated rings. The second kappa shape index (κ2) is 3.79. The summed E-state index contributed by atoms with van der Waals surface area (Å²) in [5.41, 5.74) is 0.0192. The van der Waals surface area contributed by atoms with Gasteiger partial charge in [-0.25, -0.2) is 10.3 Å². The highest BCUT2D eigenvalue weighted by molar-refractivity contribution is 5.79. The number of nitro groups is 1. The molecule has 0 unspecified atom stereocenters. The smallest absolute Gasteiger partial charge is 0.321 e. The summed E-state index contributed by atoms with van der Waals surface area (Å²) < 4.78 is 5.21. The van der Waals surface area contributed by atoms with Crippen LogP contribution >= 0.6 is 0 Å². The lowest BCUT2D eigenvalue weighted by Gasteiger charge is -2.02. The van der Waals surface area contributed by atoms with Crippen molar-refractivity contribution in [3.05, 3.63) is 46.8 Å². The third-order valence-electron chi connectivity index (χ3n) is 1.69. The Bertz CT molecular complexity index is 436. The molecule has 0 spiro atoms. The van der Waals surface area contributed by atoms with Crippen LogP contribution in [0.3, 0.4) is 0 Å². The highest BCUT2D eigenvalue weighted by Gasteiger charge is 2.08. The number of aliphatic imine (C=N–C) groups is 1. The van der Waals surface area contributed by atoms with Crippen LogP contribution < -0.4 is 10.1 Å².